The van der Waals surface area contributed by atoms with Crippen LogP contribution in [0.15, 0.2) is 54.6 Å². The summed E-state index contributed by atoms with van der Waals surface area (Å²) in [4.78, 5) is 17.4. The minimum atomic E-state index is -0.158. The normalized spacial score (nSPS) is 10.2. The Morgan fingerprint density at radius 3 is 2.58 bits per heavy atom. The number of hydrogen-bond donors (Lipinski definition) is 2. The highest BCUT2D eigenvalue weighted by molar-refractivity contribution is 7.17. The van der Waals surface area contributed by atoms with Crippen LogP contribution in [-0.4, -0.2) is 18.0 Å². The summed E-state index contributed by atoms with van der Waals surface area (Å²) >= 11 is 1.32. The van der Waals surface area contributed by atoms with Crippen LogP contribution < -0.4 is 15.4 Å². The SMILES string of the molecule is COc1cccc(Nc2nc(C)c(C(=O)Nc3ccccc3)s2)c1. The van der Waals surface area contributed by atoms with E-state index in [1.54, 1.807) is 7.11 Å². The van der Waals surface area contributed by atoms with Gasteiger partial charge in [-0.3, -0.25) is 4.79 Å². The number of rotatable bonds is 5. The number of carbonyl (C=O) groups is 1. The maximum Gasteiger partial charge on any atom is 0.267 e. The molecule has 1 heterocycles. The van der Waals surface area contributed by atoms with Crippen LogP contribution in [0.25, 0.3) is 0 Å². The van der Waals surface area contributed by atoms with Crippen molar-refractivity contribution in [2.24, 2.45) is 0 Å². The van der Waals surface area contributed by atoms with Crippen molar-refractivity contribution in [1.29, 1.82) is 0 Å². The third-order valence-electron chi connectivity index (χ3n) is 3.36. The number of methoxy groups -OCH3 is 1. The number of benzene rings is 2. The summed E-state index contributed by atoms with van der Waals surface area (Å²) in [5.41, 5.74) is 2.31. The largest absolute Gasteiger partial charge is 0.497 e. The lowest BCUT2D eigenvalue weighted by Gasteiger charge is -2.04. The standard InChI is InChI=1S/C18H17N3O2S/c1-12-16(17(22)20-13-7-4-3-5-8-13)24-18(19-12)21-14-9-6-10-15(11-14)23-2/h3-11H,1-2H3,(H,19,21)(H,20,22). The number of nitrogens with zero attached hydrogens (tertiary/aromatic N) is 1. The maximum absolute atomic E-state index is 12.4. The Morgan fingerprint density at radius 1 is 1.08 bits per heavy atom. The zero-order valence-corrected chi connectivity index (χ0v) is 14.2. The molecule has 24 heavy (non-hydrogen) atoms. The minimum Gasteiger partial charge on any atom is -0.497 e. The Bertz CT molecular complexity index is 846. The number of aromatic nitrogens is 1. The van der Waals surface area contributed by atoms with Crippen LogP contribution in [0.5, 0.6) is 5.75 Å². The molecule has 0 fully saturated rings. The van der Waals surface area contributed by atoms with E-state index >= 15 is 0 Å². The molecule has 5 nitrogen and oxygen atoms in total. The second kappa shape index (κ2) is 7.14. The van der Waals surface area contributed by atoms with Gasteiger partial charge in [0.15, 0.2) is 5.13 Å². The number of amides is 1. The molecule has 1 aromatic heterocycles. The quantitative estimate of drug-likeness (QED) is 0.720. The van der Waals surface area contributed by atoms with Gasteiger partial charge < -0.3 is 15.4 Å². The molecule has 0 spiro atoms. The molecular weight excluding hydrogens is 322 g/mol. The fourth-order valence-electron chi connectivity index (χ4n) is 2.19. The second-order valence-electron chi connectivity index (χ2n) is 5.11. The molecule has 1 amide bonds. The van der Waals surface area contributed by atoms with Crippen LogP contribution >= 0.6 is 11.3 Å². The van der Waals surface area contributed by atoms with Gasteiger partial charge >= 0.3 is 0 Å². The maximum atomic E-state index is 12.4. The van der Waals surface area contributed by atoms with E-state index in [0.717, 1.165) is 17.1 Å². The summed E-state index contributed by atoms with van der Waals surface area (Å²) in [6.45, 7) is 1.83. The molecule has 0 bridgehead atoms. The summed E-state index contributed by atoms with van der Waals surface area (Å²) in [6.07, 6.45) is 0. The van der Waals surface area contributed by atoms with Gasteiger partial charge in [-0.25, -0.2) is 4.98 Å². The van der Waals surface area contributed by atoms with Gasteiger partial charge in [0.05, 0.1) is 12.8 Å². The topological polar surface area (TPSA) is 63.2 Å². The Morgan fingerprint density at radius 2 is 1.83 bits per heavy atom. The highest BCUT2D eigenvalue weighted by atomic mass is 32.1. The zero-order chi connectivity index (χ0) is 16.9. The molecule has 0 saturated heterocycles. The van der Waals surface area contributed by atoms with Gasteiger partial charge in [0.2, 0.25) is 0 Å². The number of aryl methyl sites for hydroxylation is 1. The molecule has 0 unspecified atom stereocenters. The van der Waals surface area contributed by atoms with E-state index in [-0.39, 0.29) is 5.91 Å². The van der Waals surface area contributed by atoms with Gasteiger partial charge in [-0.2, -0.15) is 0 Å². The predicted molar refractivity (Wildman–Crippen MR) is 97.5 cm³/mol. The molecular formula is C18H17N3O2S. The number of carbonyl (C=O) groups excluding carboxylic acids is 1. The molecule has 0 radical (unpaired) electrons. The lowest BCUT2D eigenvalue weighted by Crippen LogP contribution is -2.11. The molecule has 3 rings (SSSR count). The van der Waals surface area contributed by atoms with Gasteiger partial charge in [0.25, 0.3) is 5.91 Å². The number of nitrogens with one attached hydrogen (secondary N) is 2. The monoisotopic (exact) mass is 339 g/mol. The number of anilines is 3. The number of ether oxygens (including phenoxy) is 1. The van der Waals surface area contributed by atoms with Gasteiger partial charge in [0, 0.05) is 17.4 Å². The molecule has 6 heteroatoms. The third kappa shape index (κ3) is 3.72. The second-order valence-corrected chi connectivity index (χ2v) is 6.11. The van der Waals surface area contributed by atoms with Crippen LogP contribution in [0.3, 0.4) is 0 Å². The van der Waals surface area contributed by atoms with Gasteiger partial charge in [-0.1, -0.05) is 35.6 Å². The van der Waals surface area contributed by atoms with E-state index in [0.29, 0.717) is 15.7 Å². The zero-order valence-electron chi connectivity index (χ0n) is 13.4. The van der Waals surface area contributed by atoms with Gasteiger partial charge in [0.1, 0.15) is 10.6 Å². The molecule has 0 aliphatic heterocycles. The van der Waals surface area contributed by atoms with Crippen molar-refractivity contribution < 1.29 is 9.53 Å². The Kier molecular flexibility index (Phi) is 4.77. The number of para-hydroxylation sites is 1. The van der Waals surface area contributed by atoms with Crippen molar-refractivity contribution in [3.05, 3.63) is 65.2 Å². The molecule has 0 aliphatic rings. The van der Waals surface area contributed by atoms with Crippen molar-refractivity contribution in [1.82, 2.24) is 4.98 Å². The minimum absolute atomic E-state index is 0.158. The van der Waals surface area contributed by atoms with Crippen LogP contribution in [0.2, 0.25) is 0 Å². The van der Waals surface area contributed by atoms with Crippen molar-refractivity contribution >= 4 is 33.8 Å². The molecule has 0 saturated carbocycles. The molecule has 2 aromatic carbocycles. The lowest BCUT2D eigenvalue weighted by atomic mass is 10.3. The van der Waals surface area contributed by atoms with Crippen LogP contribution in [0, 0.1) is 6.92 Å². The van der Waals surface area contributed by atoms with Crippen molar-refractivity contribution in [3.8, 4) is 5.75 Å². The average Bonchev–Trinajstić information content (AvgIpc) is 2.96. The average molecular weight is 339 g/mol. The first-order valence-corrected chi connectivity index (χ1v) is 8.22. The van der Waals surface area contributed by atoms with Crippen molar-refractivity contribution in [2.45, 2.75) is 6.92 Å². The van der Waals surface area contributed by atoms with Crippen LogP contribution in [0.4, 0.5) is 16.5 Å². The highest BCUT2D eigenvalue weighted by Crippen LogP contribution is 2.28. The Balaban J connectivity index is 1.76. The Hall–Kier alpha value is -2.86. The first-order chi connectivity index (χ1) is 11.7. The summed E-state index contributed by atoms with van der Waals surface area (Å²) < 4.78 is 5.20. The van der Waals surface area contributed by atoms with Crippen LogP contribution in [0.1, 0.15) is 15.4 Å². The molecule has 0 aliphatic carbocycles. The summed E-state index contributed by atoms with van der Waals surface area (Å²) in [6, 6.07) is 16.9. The number of hydrogen-bond acceptors (Lipinski definition) is 5. The molecule has 122 valence electrons. The number of thiazole rings is 1. The van der Waals surface area contributed by atoms with Crippen molar-refractivity contribution in [2.75, 3.05) is 17.7 Å². The molecule has 0 atom stereocenters. The van der Waals surface area contributed by atoms with E-state index in [9.17, 15) is 4.79 Å². The van der Waals surface area contributed by atoms with Gasteiger partial charge in [-0.15, -0.1) is 0 Å². The lowest BCUT2D eigenvalue weighted by molar-refractivity contribution is 0.103. The van der Waals surface area contributed by atoms with E-state index in [2.05, 4.69) is 15.6 Å². The Labute approximate surface area is 144 Å². The van der Waals surface area contributed by atoms with Crippen molar-refractivity contribution in [3.63, 3.8) is 0 Å². The third-order valence-corrected chi connectivity index (χ3v) is 4.43. The van der Waals surface area contributed by atoms with Gasteiger partial charge in [-0.05, 0) is 31.2 Å². The summed E-state index contributed by atoms with van der Waals surface area (Å²) in [7, 11) is 1.62. The first kappa shape index (κ1) is 16.0. The summed E-state index contributed by atoms with van der Waals surface area (Å²) in [5, 5.41) is 6.75. The van der Waals surface area contributed by atoms with E-state index in [4.69, 9.17) is 4.74 Å². The first-order valence-electron chi connectivity index (χ1n) is 7.40. The predicted octanol–water partition coefficient (Wildman–Crippen LogP) is 4.46. The fourth-order valence-corrected chi connectivity index (χ4v) is 3.08. The van der Waals surface area contributed by atoms with E-state index in [1.807, 2.05) is 61.5 Å². The van der Waals surface area contributed by atoms with E-state index in [1.165, 1.54) is 11.3 Å². The fraction of sp³-hybridized carbons (Fsp3) is 0.111. The smallest absolute Gasteiger partial charge is 0.267 e. The van der Waals surface area contributed by atoms with Crippen LogP contribution in [-0.2, 0) is 0 Å². The summed E-state index contributed by atoms with van der Waals surface area (Å²) in [5.74, 6) is 0.602. The molecule has 2 N–H and O–H groups in total. The molecule has 3 aromatic rings. The van der Waals surface area contributed by atoms with E-state index < -0.39 is 0 Å². The highest BCUT2D eigenvalue weighted by Gasteiger charge is 2.15.